The first-order valence-corrected chi connectivity index (χ1v) is 7.70. The average molecular weight is 331 g/mol. The molecule has 7 heteroatoms. The summed E-state index contributed by atoms with van der Waals surface area (Å²) in [6.07, 6.45) is 0. The maximum absolute atomic E-state index is 12.5. The molecule has 0 fully saturated rings. The van der Waals surface area contributed by atoms with Crippen LogP contribution in [0.15, 0.2) is 47.8 Å². The van der Waals surface area contributed by atoms with Crippen molar-refractivity contribution >= 4 is 17.1 Å². The topological polar surface area (TPSA) is 106 Å². The Balaban J connectivity index is 2.26. The van der Waals surface area contributed by atoms with E-state index in [1.165, 1.54) is 17.4 Å². The molecule has 1 N–H and O–H groups in total. The number of rotatable bonds is 3. The number of hydrogen-bond acceptors (Lipinski definition) is 6. The number of para-hydroxylation sites is 1. The van der Waals surface area contributed by atoms with Gasteiger partial charge in [0.2, 0.25) is 5.78 Å². The van der Waals surface area contributed by atoms with E-state index in [9.17, 15) is 15.3 Å². The van der Waals surface area contributed by atoms with Gasteiger partial charge in [-0.15, -0.1) is 11.3 Å². The standard InChI is InChI=1S/C17H9N5OS/c18-9-11-4-1-2-5-14(11)22-17(20)12(10-19)8-13(21-22)16(23)15-6-3-7-24-15/h1-8,20H. The molecule has 2 heterocycles. The minimum Gasteiger partial charge on any atom is -0.286 e. The summed E-state index contributed by atoms with van der Waals surface area (Å²) < 4.78 is 1.15. The van der Waals surface area contributed by atoms with Crippen LogP contribution in [0.4, 0.5) is 0 Å². The third kappa shape index (κ3) is 2.60. The zero-order valence-electron chi connectivity index (χ0n) is 12.2. The van der Waals surface area contributed by atoms with Crippen molar-refractivity contribution in [3.8, 4) is 17.8 Å². The molecule has 1 aromatic carbocycles. The van der Waals surface area contributed by atoms with Crippen LogP contribution in [0, 0.1) is 28.1 Å². The largest absolute Gasteiger partial charge is 0.286 e. The molecule has 2 aromatic heterocycles. The molecular weight excluding hydrogens is 322 g/mol. The highest BCUT2D eigenvalue weighted by Crippen LogP contribution is 2.15. The summed E-state index contributed by atoms with van der Waals surface area (Å²) in [7, 11) is 0. The lowest BCUT2D eigenvalue weighted by molar-refractivity contribution is 0.103. The fourth-order valence-electron chi connectivity index (χ4n) is 2.16. The van der Waals surface area contributed by atoms with Gasteiger partial charge in [0.05, 0.1) is 21.7 Å². The van der Waals surface area contributed by atoms with Crippen molar-refractivity contribution < 1.29 is 4.79 Å². The summed E-state index contributed by atoms with van der Waals surface area (Å²) in [6, 6.07) is 15.2. The van der Waals surface area contributed by atoms with Gasteiger partial charge in [0.15, 0.2) is 5.49 Å². The molecule has 114 valence electrons. The minimum atomic E-state index is -0.329. The number of hydrogen-bond donors (Lipinski definition) is 1. The van der Waals surface area contributed by atoms with E-state index >= 15 is 0 Å². The maximum atomic E-state index is 12.5. The van der Waals surface area contributed by atoms with Gasteiger partial charge in [0, 0.05) is 0 Å². The molecule has 6 nitrogen and oxygen atoms in total. The molecule has 0 aliphatic rings. The number of carbonyl (C=O) groups excluding carboxylic acids is 1. The number of nitrogens with zero attached hydrogens (tertiary/aromatic N) is 4. The number of ketones is 1. The Morgan fingerprint density at radius 3 is 2.54 bits per heavy atom. The van der Waals surface area contributed by atoms with Gasteiger partial charge < -0.3 is 0 Å². The van der Waals surface area contributed by atoms with E-state index in [2.05, 4.69) is 5.10 Å². The van der Waals surface area contributed by atoms with E-state index < -0.39 is 0 Å². The van der Waals surface area contributed by atoms with Crippen molar-refractivity contribution in [2.24, 2.45) is 0 Å². The molecule has 0 saturated heterocycles. The van der Waals surface area contributed by atoms with Crippen LogP contribution in [0.25, 0.3) is 5.69 Å². The van der Waals surface area contributed by atoms with Crippen LogP contribution in [0.1, 0.15) is 26.5 Å². The molecular formula is C17H9N5OS. The molecule has 0 saturated carbocycles. The molecule has 0 unspecified atom stereocenters. The normalized spacial score (nSPS) is 9.92. The predicted octanol–water partition coefficient (Wildman–Crippen LogP) is 2.39. The van der Waals surface area contributed by atoms with E-state index in [0.29, 0.717) is 16.1 Å². The highest BCUT2D eigenvalue weighted by Gasteiger charge is 2.17. The lowest BCUT2D eigenvalue weighted by atomic mass is 10.1. The Morgan fingerprint density at radius 1 is 1.12 bits per heavy atom. The molecule has 0 aliphatic carbocycles. The van der Waals surface area contributed by atoms with Gasteiger partial charge in [-0.05, 0) is 29.6 Å². The quantitative estimate of drug-likeness (QED) is 0.744. The molecule has 24 heavy (non-hydrogen) atoms. The van der Waals surface area contributed by atoms with Crippen LogP contribution in [0.5, 0.6) is 0 Å². The van der Waals surface area contributed by atoms with Crippen molar-refractivity contribution in [2.45, 2.75) is 0 Å². The van der Waals surface area contributed by atoms with Crippen LogP contribution in [0.3, 0.4) is 0 Å². The minimum absolute atomic E-state index is 0.0117. The molecule has 0 aliphatic heterocycles. The molecule has 0 radical (unpaired) electrons. The molecule has 0 spiro atoms. The van der Waals surface area contributed by atoms with Crippen LogP contribution in [-0.2, 0) is 0 Å². The van der Waals surface area contributed by atoms with Gasteiger partial charge in [-0.2, -0.15) is 15.6 Å². The fourth-order valence-corrected chi connectivity index (χ4v) is 2.84. The number of carbonyl (C=O) groups is 1. The Morgan fingerprint density at radius 2 is 1.88 bits per heavy atom. The van der Waals surface area contributed by atoms with Crippen LogP contribution in [0.2, 0.25) is 0 Å². The number of nitriles is 2. The second-order valence-electron chi connectivity index (χ2n) is 4.75. The average Bonchev–Trinajstić information content (AvgIpc) is 3.16. The third-order valence-corrected chi connectivity index (χ3v) is 4.18. The number of benzene rings is 1. The van der Waals surface area contributed by atoms with Crippen LogP contribution in [-0.4, -0.2) is 15.6 Å². The van der Waals surface area contributed by atoms with E-state index in [0.717, 1.165) is 4.68 Å². The maximum Gasteiger partial charge on any atom is 0.223 e. The molecule has 0 atom stereocenters. The summed E-state index contributed by atoms with van der Waals surface area (Å²) in [5.74, 6) is -0.329. The van der Waals surface area contributed by atoms with E-state index in [1.54, 1.807) is 41.8 Å². The van der Waals surface area contributed by atoms with Crippen molar-refractivity contribution in [2.75, 3.05) is 0 Å². The number of nitrogens with one attached hydrogen (secondary N) is 1. The van der Waals surface area contributed by atoms with E-state index in [4.69, 9.17) is 5.41 Å². The van der Waals surface area contributed by atoms with Gasteiger partial charge >= 0.3 is 0 Å². The van der Waals surface area contributed by atoms with Gasteiger partial charge in [-0.3, -0.25) is 10.2 Å². The second-order valence-corrected chi connectivity index (χ2v) is 5.70. The summed E-state index contributed by atoms with van der Waals surface area (Å²) in [5.41, 5.74) is 0.536. The van der Waals surface area contributed by atoms with Crippen LogP contribution < -0.4 is 5.49 Å². The lowest BCUT2D eigenvalue weighted by Gasteiger charge is -2.10. The van der Waals surface area contributed by atoms with Crippen LogP contribution >= 0.6 is 11.3 Å². The summed E-state index contributed by atoms with van der Waals surface area (Å²) >= 11 is 1.27. The molecule has 3 rings (SSSR count). The Bertz CT molecular complexity index is 1070. The molecule has 3 aromatic rings. The monoisotopic (exact) mass is 331 g/mol. The van der Waals surface area contributed by atoms with E-state index in [1.807, 2.05) is 12.1 Å². The Kier molecular flexibility index (Phi) is 4.02. The lowest BCUT2D eigenvalue weighted by Crippen LogP contribution is -2.27. The predicted molar refractivity (Wildman–Crippen MR) is 86.6 cm³/mol. The first-order valence-electron chi connectivity index (χ1n) is 6.82. The van der Waals surface area contributed by atoms with E-state index in [-0.39, 0.29) is 22.5 Å². The van der Waals surface area contributed by atoms with Crippen molar-refractivity contribution in [3.63, 3.8) is 0 Å². The van der Waals surface area contributed by atoms with Crippen molar-refractivity contribution in [3.05, 3.63) is 75.0 Å². The smallest absolute Gasteiger partial charge is 0.223 e. The highest BCUT2D eigenvalue weighted by atomic mass is 32.1. The Hall–Kier alpha value is -3.55. The SMILES string of the molecule is N#Cc1ccccc1-n1nc(C(=O)c2cccs2)cc(C#N)c1=N. The zero-order chi connectivity index (χ0) is 17.1. The summed E-state index contributed by atoms with van der Waals surface area (Å²) in [5, 5.41) is 32.6. The van der Waals surface area contributed by atoms with Gasteiger partial charge in [0.1, 0.15) is 17.8 Å². The molecule has 0 bridgehead atoms. The van der Waals surface area contributed by atoms with Gasteiger partial charge in [-0.1, -0.05) is 18.2 Å². The van der Waals surface area contributed by atoms with Gasteiger partial charge in [-0.25, -0.2) is 4.68 Å². The summed E-state index contributed by atoms with van der Waals surface area (Å²) in [4.78, 5) is 13.0. The van der Waals surface area contributed by atoms with Crippen molar-refractivity contribution in [1.82, 2.24) is 9.78 Å². The first-order chi connectivity index (χ1) is 11.7. The number of aromatic nitrogens is 2. The fraction of sp³-hybridized carbons (Fsp3) is 0. The van der Waals surface area contributed by atoms with Gasteiger partial charge in [0.25, 0.3) is 0 Å². The van der Waals surface area contributed by atoms with Crippen molar-refractivity contribution in [1.29, 1.82) is 15.9 Å². The number of thiophene rings is 1. The zero-order valence-corrected chi connectivity index (χ0v) is 13.0. The third-order valence-electron chi connectivity index (χ3n) is 3.31. The highest BCUT2D eigenvalue weighted by molar-refractivity contribution is 7.12. The first kappa shape index (κ1) is 15.3. The summed E-state index contributed by atoms with van der Waals surface area (Å²) in [6.45, 7) is 0. The Labute approximate surface area is 141 Å². The molecule has 0 amide bonds. The second kappa shape index (κ2) is 6.29.